The van der Waals surface area contributed by atoms with E-state index in [1.807, 2.05) is 26.0 Å². The third-order valence-corrected chi connectivity index (χ3v) is 5.00. The second-order valence-corrected chi connectivity index (χ2v) is 9.27. The molecule has 10 heteroatoms. The summed E-state index contributed by atoms with van der Waals surface area (Å²) in [6.07, 6.45) is 0.535. The van der Waals surface area contributed by atoms with Gasteiger partial charge >= 0.3 is 12.1 Å². The van der Waals surface area contributed by atoms with E-state index in [0.29, 0.717) is 5.56 Å². The first kappa shape index (κ1) is 30.6. The number of amides is 3. The van der Waals surface area contributed by atoms with Crippen LogP contribution in [-0.2, 0) is 23.9 Å². The van der Waals surface area contributed by atoms with Gasteiger partial charge in [-0.15, -0.1) is 6.58 Å². The minimum atomic E-state index is -1.36. The summed E-state index contributed by atoms with van der Waals surface area (Å²) in [5, 5.41) is 15.0. The molecule has 0 radical (unpaired) electrons. The highest BCUT2D eigenvalue weighted by Gasteiger charge is 2.36. The molecule has 3 N–H and O–H groups in total. The molecule has 1 aromatic rings. The maximum atomic E-state index is 13.5. The lowest BCUT2D eigenvalue weighted by Crippen LogP contribution is -2.54. The van der Waals surface area contributed by atoms with Crippen molar-refractivity contribution in [2.75, 3.05) is 26.3 Å². The molecule has 36 heavy (non-hydrogen) atoms. The number of benzene rings is 1. The Morgan fingerprint density at radius 3 is 2.42 bits per heavy atom. The minimum absolute atomic E-state index is 0.00867. The second-order valence-electron chi connectivity index (χ2n) is 9.27. The highest BCUT2D eigenvalue weighted by Crippen LogP contribution is 2.26. The number of carbonyl (C=O) groups excluding carboxylic acids is 4. The molecule has 0 fully saturated rings. The molecule has 10 nitrogen and oxygen atoms in total. The maximum Gasteiger partial charge on any atom is 0.408 e. The largest absolute Gasteiger partial charge is 0.466 e. The molecule has 1 rings (SSSR count). The monoisotopic (exact) mass is 505 g/mol. The predicted molar refractivity (Wildman–Crippen MR) is 135 cm³/mol. The van der Waals surface area contributed by atoms with E-state index in [2.05, 4.69) is 17.2 Å². The number of ether oxygens (including phenoxy) is 2. The highest BCUT2D eigenvalue weighted by molar-refractivity contribution is 5.92. The Kier molecular flexibility index (Phi) is 12.1. The smallest absolute Gasteiger partial charge is 0.408 e. The van der Waals surface area contributed by atoms with Gasteiger partial charge in [0.2, 0.25) is 11.8 Å². The number of alkyl carbamates (subject to hydrolysis) is 1. The number of nitrogens with one attached hydrogen (secondary N) is 2. The Hall–Kier alpha value is -3.40. The van der Waals surface area contributed by atoms with Crippen LogP contribution in [0.15, 0.2) is 30.9 Å². The van der Waals surface area contributed by atoms with Crippen molar-refractivity contribution in [2.24, 2.45) is 0 Å². The van der Waals surface area contributed by atoms with Crippen LogP contribution in [-0.4, -0.2) is 71.8 Å². The summed E-state index contributed by atoms with van der Waals surface area (Å²) < 4.78 is 10.1. The van der Waals surface area contributed by atoms with Gasteiger partial charge in [-0.1, -0.05) is 29.8 Å². The van der Waals surface area contributed by atoms with E-state index < -0.39 is 48.2 Å². The second kappa shape index (κ2) is 14.2. The number of aliphatic hydroxyl groups excluding tert-OH is 1. The Morgan fingerprint density at radius 1 is 1.19 bits per heavy atom. The van der Waals surface area contributed by atoms with Crippen molar-refractivity contribution in [3.05, 3.63) is 47.5 Å². The van der Waals surface area contributed by atoms with Gasteiger partial charge in [0.1, 0.15) is 17.7 Å². The molecule has 2 unspecified atom stereocenters. The van der Waals surface area contributed by atoms with Crippen LogP contribution < -0.4 is 10.6 Å². The van der Waals surface area contributed by atoms with Crippen LogP contribution in [0, 0.1) is 13.8 Å². The zero-order chi connectivity index (χ0) is 27.5. The van der Waals surface area contributed by atoms with E-state index in [1.54, 1.807) is 33.8 Å². The Labute approximate surface area is 213 Å². The van der Waals surface area contributed by atoms with Crippen molar-refractivity contribution < 1.29 is 33.8 Å². The van der Waals surface area contributed by atoms with Gasteiger partial charge in [0.15, 0.2) is 0 Å². The molecule has 0 aromatic heterocycles. The number of nitrogens with zero attached hydrogens (tertiary/aromatic N) is 1. The fraction of sp³-hybridized carbons (Fsp3) is 0.538. The molecular formula is C26H39N3O7. The zero-order valence-electron chi connectivity index (χ0n) is 22.1. The van der Waals surface area contributed by atoms with Crippen molar-refractivity contribution in [1.82, 2.24) is 15.5 Å². The molecule has 0 heterocycles. The summed E-state index contributed by atoms with van der Waals surface area (Å²) in [6.45, 7) is 13.5. The average Bonchev–Trinajstić information content (AvgIpc) is 2.78. The van der Waals surface area contributed by atoms with E-state index in [0.717, 1.165) is 11.1 Å². The van der Waals surface area contributed by atoms with Gasteiger partial charge in [-0.25, -0.2) is 4.79 Å². The number of aryl methyl sites for hydroxylation is 2. The summed E-state index contributed by atoms with van der Waals surface area (Å²) in [5.74, 6) is -1.69. The summed E-state index contributed by atoms with van der Waals surface area (Å²) >= 11 is 0. The molecule has 0 saturated heterocycles. The zero-order valence-corrected chi connectivity index (χ0v) is 22.1. The van der Waals surface area contributed by atoms with E-state index in [9.17, 15) is 24.3 Å². The number of rotatable bonds is 12. The summed E-state index contributed by atoms with van der Waals surface area (Å²) in [7, 11) is 0. The molecule has 0 bridgehead atoms. The fourth-order valence-electron chi connectivity index (χ4n) is 3.42. The molecule has 2 atom stereocenters. The quantitative estimate of drug-likeness (QED) is 0.293. The first-order valence-electron chi connectivity index (χ1n) is 11.9. The van der Waals surface area contributed by atoms with Gasteiger partial charge in [0.25, 0.3) is 0 Å². The van der Waals surface area contributed by atoms with Crippen LogP contribution >= 0.6 is 0 Å². The van der Waals surface area contributed by atoms with Crippen molar-refractivity contribution in [1.29, 1.82) is 0 Å². The van der Waals surface area contributed by atoms with Crippen LogP contribution in [0.4, 0.5) is 4.79 Å². The van der Waals surface area contributed by atoms with Gasteiger partial charge in [-0.2, -0.15) is 0 Å². The lowest BCUT2D eigenvalue weighted by atomic mass is 9.96. The van der Waals surface area contributed by atoms with Gasteiger partial charge in [-0.3, -0.25) is 14.4 Å². The average molecular weight is 506 g/mol. The molecule has 3 amide bonds. The third-order valence-electron chi connectivity index (χ3n) is 5.00. The minimum Gasteiger partial charge on any atom is -0.466 e. The molecule has 0 aliphatic carbocycles. The van der Waals surface area contributed by atoms with Gasteiger partial charge in [0.05, 0.1) is 19.6 Å². The van der Waals surface area contributed by atoms with Crippen LogP contribution in [0.2, 0.25) is 0 Å². The number of carbonyl (C=O) groups is 4. The lowest BCUT2D eigenvalue weighted by Gasteiger charge is -2.34. The normalized spacial score (nSPS) is 12.6. The first-order chi connectivity index (χ1) is 16.8. The molecule has 200 valence electrons. The van der Waals surface area contributed by atoms with Crippen LogP contribution in [0.1, 0.15) is 56.8 Å². The first-order valence-corrected chi connectivity index (χ1v) is 11.9. The van der Waals surface area contributed by atoms with Crippen molar-refractivity contribution in [3.8, 4) is 0 Å². The number of esters is 1. The van der Waals surface area contributed by atoms with Crippen molar-refractivity contribution in [3.63, 3.8) is 0 Å². The summed E-state index contributed by atoms with van der Waals surface area (Å²) in [4.78, 5) is 52.2. The van der Waals surface area contributed by atoms with E-state index in [4.69, 9.17) is 9.47 Å². The standard InChI is InChI=1S/C26H39N3O7/c1-8-14-29(24(33)20(16-30)28-25(34)36-26(5,6)7)22(19-15-17(3)10-11-18(19)4)23(32)27-13-12-21(31)35-9-2/h8,10-11,15,20,22,30H,1,9,12-14,16H2,2-7H3,(H,27,32)(H,28,34). The summed E-state index contributed by atoms with van der Waals surface area (Å²) in [6, 6.07) is 3.04. The number of aliphatic hydroxyl groups is 1. The van der Waals surface area contributed by atoms with E-state index in [-0.39, 0.29) is 26.1 Å². The van der Waals surface area contributed by atoms with E-state index in [1.165, 1.54) is 11.0 Å². The Bertz CT molecular complexity index is 940. The third kappa shape index (κ3) is 9.69. The Balaban J connectivity index is 3.34. The van der Waals surface area contributed by atoms with Crippen LogP contribution in [0.25, 0.3) is 0 Å². The van der Waals surface area contributed by atoms with Gasteiger partial charge in [0, 0.05) is 13.1 Å². The fourth-order valence-corrected chi connectivity index (χ4v) is 3.42. The molecule has 1 aromatic carbocycles. The lowest BCUT2D eigenvalue weighted by molar-refractivity contribution is -0.144. The molecule has 0 aliphatic rings. The number of hydrogen-bond acceptors (Lipinski definition) is 7. The molecule has 0 spiro atoms. The van der Waals surface area contributed by atoms with Crippen molar-refractivity contribution >= 4 is 23.9 Å². The van der Waals surface area contributed by atoms with E-state index >= 15 is 0 Å². The van der Waals surface area contributed by atoms with Crippen molar-refractivity contribution in [2.45, 2.75) is 65.6 Å². The van der Waals surface area contributed by atoms with Crippen LogP contribution in [0.3, 0.4) is 0 Å². The highest BCUT2D eigenvalue weighted by atomic mass is 16.6. The van der Waals surface area contributed by atoms with Crippen LogP contribution in [0.5, 0.6) is 0 Å². The SMILES string of the molecule is C=CCN(C(=O)C(CO)NC(=O)OC(C)(C)C)C(C(=O)NCCC(=O)OCC)c1cc(C)ccc1C. The number of hydrogen-bond donors (Lipinski definition) is 3. The Morgan fingerprint density at radius 2 is 1.86 bits per heavy atom. The predicted octanol–water partition coefficient (Wildman–Crippen LogP) is 2.31. The molecular weight excluding hydrogens is 466 g/mol. The summed E-state index contributed by atoms with van der Waals surface area (Å²) in [5.41, 5.74) is 1.38. The van der Waals surface area contributed by atoms with Gasteiger partial charge in [-0.05, 0) is 52.7 Å². The topological polar surface area (TPSA) is 134 Å². The van der Waals surface area contributed by atoms with Gasteiger partial charge < -0.3 is 30.1 Å². The molecule has 0 saturated carbocycles. The maximum absolute atomic E-state index is 13.5. The molecule has 0 aliphatic heterocycles.